The van der Waals surface area contributed by atoms with Crippen molar-refractivity contribution in [3.8, 4) is 0 Å². The Morgan fingerprint density at radius 1 is 1.17 bits per heavy atom. The van der Waals surface area contributed by atoms with Gasteiger partial charge >= 0.3 is 0 Å². The van der Waals surface area contributed by atoms with Crippen molar-refractivity contribution in [3.63, 3.8) is 0 Å². The minimum absolute atomic E-state index is 0.128. The van der Waals surface area contributed by atoms with Crippen LogP contribution in [0.4, 0.5) is 0 Å². The molecule has 6 nitrogen and oxygen atoms in total. The Hall–Kier alpha value is -2.15. The first kappa shape index (κ1) is 18.2. The second-order valence-electron chi connectivity index (χ2n) is 6.00. The van der Waals surface area contributed by atoms with Gasteiger partial charge in [-0.15, -0.1) is 0 Å². The zero-order valence-electron chi connectivity index (χ0n) is 13.8. The Morgan fingerprint density at radius 3 is 2.46 bits per heavy atom. The van der Waals surface area contributed by atoms with Gasteiger partial charge in [-0.3, -0.25) is 20.4 Å². The number of hydrogen-bond donors (Lipinski definition) is 4. The lowest BCUT2D eigenvalue weighted by Crippen LogP contribution is -2.49. The average molecular weight is 348 g/mol. The van der Waals surface area contributed by atoms with E-state index in [4.69, 9.17) is 12.2 Å². The van der Waals surface area contributed by atoms with Gasteiger partial charge in [0.15, 0.2) is 5.11 Å². The predicted molar refractivity (Wildman–Crippen MR) is 96.9 cm³/mol. The molecule has 24 heavy (non-hydrogen) atoms. The van der Waals surface area contributed by atoms with E-state index in [2.05, 4.69) is 21.5 Å². The van der Waals surface area contributed by atoms with E-state index in [0.717, 1.165) is 18.4 Å². The summed E-state index contributed by atoms with van der Waals surface area (Å²) in [5, 5.41) is 6.41. The lowest BCUT2D eigenvalue weighted by Gasteiger charge is -2.19. The summed E-state index contributed by atoms with van der Waals surface area (Å²) in [5.41, 5.74) is 6.20. The van der Waals surface area contributed by atoms with Gasteiger partial charge < -0.3 is 10.6 Å². The summed E-state index contributed by atoms with van der Waals surface area (Å²) < 4.78 is 0. The van der Waals surface area contributed by atoms with Crippen LogP contribution in [0.1, 0.15) is 50.6 Å². The van der Waals surface area contributed by atoms with Crippen LogP contribution >= 0.6 is 12.2 Å². The summed E-state index contributed by atoms with van der Waals surface area (Å²) in [4.78, 5) is 23.5. The Bertz CT molecular complexity index is 573. The van der Waals surface area contributed by atoms with E-state index >= 15 is 0 Å². The van der Waals surface area contributed by atoms with Crippen LogP contribution in [0.2, 0.25) is 0 Å². The van der Waals surface area contributed by atoms with Gasteiger partial charge in [0.05, 0.1) is 12.5 Å². The minimum atomic E-state index is -0.373. The van der Waals surface area contributed by atoms with Crippen LogP contribution in [0.5, 0.6) is 0 Å². The molecule has 1 aromatic rings. The molecular weight excluding hydrogens is 324 g/mol. The van der Waals surface area contributed by atoms with E-state index < -0.39 is 0 Å². The largest absolute Gasteiger partial charge is 0.359 e. The third kappa shape index (κ3) is 6.16. The Balaban J connectivity index is 1.81. The molecule has 1 atom stereocenters. The van der Waals surface area contributed by atoms with Gasteiger partial charge in [-0.1, -0.05) is 43.2 Å². The van der Waals surface area contributed by atoms with Crippen LogP contribution in [0, 0.1) is 0 Å². The lowest BCUT2D eigenvalue weighted by molar-refractivity contribution is -0.123. The first-order valence-electron chi connectivity index (χ1n) is 8.22. The van der Waals surface area contributed by atoms with E-state index in [0.29, 0.717) is 11.2 Å². The van der Waals surface area contributed by atoms with Crippen molar-refractivity contribution in [3.05, 3.63) is 35.9 Å². The monoisotopic (exact) mass is 348 g/mol. The number of rotatable bonds is 5. The molecule has 0 spiro atoms. The van der Waals surface area contributed by atoms with Crippen LogP contribution < -0.4 is 21.5 Å². The third-order valence-electron chi connectivity index (χ3n) is 3.97. The predicted octanol–water partition coefficient (Wildman–Crippen LogP) is 1.69. The van der Waals surface area contributed by atoms with Crippen LogP contribution in [-0.4, -0.2) is 23.0 Å². The molecular formula is C17H24N4O2S. The summed E-state index contributed by atoms with van der Waals surface area (Å²) >= 11 is 5.18. The normalized spacial score (nSPS) is 15.4. The SMILES string of the molecule is CC(=O)N[C@@H](CC(=O)NNC(=S)NC1CCCC1)c1ccccc1. The Morgan fingerprint density at radius 2 is 1.83 bits per heavy atom. The maximum atomic E-state index is 12.1. The molecule has 0 unspecified atom stereocenters. The average Bonchev–Trinajstić information content (AvgIpc) is 3.06. The molecule has 2 rings (SSSR count). The molecule has 1 aromatic carbocycles. The molecule has 1 aliphatic carbocycles. The van der Waals surface area contributed by atoms with Crippen molar-refractivity contribution in [2.45, 2.75) is 51.1 Å². The van der Waals surface area contributed by atoms with Crippen molar-refractivity contribution in [2.24, 2.45) is 0 Å². The standard InChI is InChI=1S/C17H24N4O2S/c1-12(22)18-15(13-7-3-2-4-8-13)11-16(23)20-21-17(24)19-14-9-5-6-10-14/h2-4,7-8,14-15H,5-6,9-11H2,1H3,(H,18,22)(H,20,23)(H2,19,21,24)/t15-/m0/s1. The number of hydrazine groups is 1. The van der Waals surface area contributed by atoms with Crippen LogP contribution in [0.25, 0.3) is 0 Å². The van der Waals surface area contributed by atoms with Crippen molar-refractivity contribution in [2.75, 3.05) is 0 Å². The van der Waals surface area contributed by atoms with E-state index in [-0.39, 0.29) is 24.3 Å². The molecule has 1 fully saturated rings. The van der Waals surface area contributed by atoms with E-state index in [9.17, 15) is 9.59 Å². The lowest BCUT2D eigenvalue weighted by atomic mass is 10.0. The van der Waals surface area contributed by atoms with E-state index in [1.54, 1.807) is 0 Å². The molecule has 2 amide bonds. The number of nitrogens with one attached hydrogen (secondary N) is 4. The topological polar surface area (TPSA) is 82.3 Å². The smallest absolute Gasteiger partial charge is 0.240 e. The van der Waals surface area contributed by atoms with Crippen molar-refractivity contribution in [1.29, 1.82) is 0 Å². The van der Waals surface area contributed by atoms with E-state index in [1.807, 2.05) is 30.3 Å². The number of hydrogen-bond acceptors (Lipinski definition) is 3. The number of amides is 2. The zero-order valence-corrected chi connectivity index (χ0v) is 14.6. The Labute approximate surface area is 147 Å². The van der Waals surface area contributed by atoms with Gasteiger partial charge in [0.25, 0.3) is 0 Å². The molecule has 0 aromatic heterocycles. The fourth-order valence-corrected chi connectivity index (χ4v) is 3.06. The molecule has 4 N–H and O–H groups in total. The minimum Gasteiger partial charge on any atom is -0.359 e. The van der Waals surface area contributed by atoms with Crippen molar-refractivity contribution >= 4 is 29.1 Å². The van der Waals surface area contributed by atoms with Gasteiger partial charge in [-0.2, -0.15) is 0 Å². The van der Waals surface area contributed by atoms with Crippen LogP contribution in [0.15, 0.2) is 30.3 Å². The summed E-state index contributed by atoms with van der Waals surface area (Å²) in [6.45, 7) is 1.44. The molecule has 0 heterocycles. The van der Waals surface area contributed by atoms with Crippen molar-refractivity contribution in [1.82, 2.24) is 21.5 Å². The molecule has 0 radical (unpaired) electrons. The third-order valence-corrected chi connectivity index (χ3v) is 4.19. The molecule has 0 bridgehead atoms. The fourth-order valence-electron chi connectivity index (χ4n) is 2.84. The number of carbonyl (C=O) groups is 2. The van der Waals surface area contributed by atoms with Gasteiger partial charge in [-0.25, -0.2) is 0 Å². The van der Waals surface area contributed by atoms with Crippen LogP contribution in [-0.2, 0) is 9.59 Å². The fraction of sp³-hybridized carbons (Fsp3) is 0.471. The number of thiocarbonyl (C=S) groups is 1. The highest BCUT2D eigenvalue weighted by Crippen LogP contribution is 2.17. The van der Waals surface area contributed by atoms with E-state index in [1.165, 1.54) is 19.8 Å². The summed E-state index contributed by atoms with van der Waals surface area (Å²) in [7, 11) is 0. The zero-order chi connectivity index (χ0) is 17.4. The first-order chi connectivity index (χ1) is 11.5. The molecule has 1 aliphatic rings. The maximum absolute atomic E-state index is 12.1. The molecule has 7 heteroatoms. The van der Waals surface area contributed by atoms with Crippen molar-refractivity contribution < 1.29 is 9.59 Å². The molecule has 0 aliphatic heterocycles. The molecule has 130 valence electrons. The summed E-state index contributed by atoms with van der Waals surface area (Å²) in [6.07, 6.45) is 4.76. The molecule has 1 saturated carbocycles. The molecule has 0 saturated heterocycles. The van der Waals surface area contributed by atoms with Gasteiger partial charge in [-0.05, 0) is 30.6 Å². The second kappa shape index (κ2) is 9.22. The summed E-state index contributed by atoms with van der Waals surface area (Å²) in [5.74, 6) is -0.420. The maximum Gasteiger partial charge on any atom is 0.240 e. The second-order valence-corrected chi connectivity index (χ2v) is 6.40. The van der Waals surface area contributed by atoms with Gasteiger partial charge in [0.2, 0.25) is 11.8 Å². The van der Waals surface area contributed by atoms with Crippen LogP contribution in [0.3, 0.4) is 0 Å². The highest BCUT2D eigenvalue weighted by molar-refractivity contribution is 7.80. The Kier molecular flexibility index (Phi) is 6.99. The quantitative estimate of drug-likeness (QED) is 0.481. The number of carbonyl (C=O) groups excluding carboxylic acids is 2. The summed E-state index contributed by atoms with van der Waals surface area (Å²) in [6, 6.07) is 9.42. The highest BCUT2D eigenvalue weighted by atomic mass is 32.1. The van der Waals surface area contributed by atoms with Gasteiger partial charge in [0, 0.05) is 13.0 Å². The van der Waals surface area contributed by atoms with Gasteiger partial charge in [0.1, 0.15) is 0 Å². The highest BCUT2D eigenvalue weighted by Gasteiger charge is 2.18. The number of benzene rings is 1. The first-order valence-corrected chi connectivity index (χ1v) is 8.63.